The maximum Gasteiger partial charge on any atom is 0.119 e. The van der Waals surface area contributed by atoms with E-state index in [4.69, 9.17) is 4.74 Å². The zero-order chi connectivity index (χ0) is 10.7. The van der Waals surface area contributed by atoms with Crippen molar-refractivity contribution in [1.29, 1.82) is 0 Å². The topological polar surface area (TPSA) is 21.3 Å². The van der Waals surface area contributed by atoms with Gasteiger partial charge in [-0.2, -0.15) is 0 Å². The van der Waals surface area contributed by atoms with E-state index in [-0.39, 0.29) is 0 Å². The van der Waals surface area contributed by atoms with Gasteiger partial charge < -0.3 is 10.1 Å². The van der Waals surface area contributed by atoms with E-state index in [2.05, 4.69) is 24.4 Å². The summed E-state index contributed by atoms with van der Waals surface area (Å²) in [6.45, 7) is 4.41. The highest BCUT2D eigenvalue weighted by Crippen LogP contribution is 2.36. The molecular weight excluding hydrogens is 186 g/mol. The molecule has 0 saturated heterocycles. The second-order valence-electron chi connectivity index (χ2n) is 4.46. The molecule has 2 rings (SSSR count). The van der Waals surface area contributed by atoms with Crippen molar-refractivity contribution >= 4 is 0 Å². The molecule has 0 aromatic heterocycles. The molecule has 2 heteroatoms. The number of rotatable bonds is 5. The minimum Gasteiger partial charge on any atom is -0.497 e. The van der Waals surface area contributed by atoms with Crippen LogP contribution in [0.25, 0.3) is 0 Å². The highest BCUT2D eigenvalue weighted by atomic mass is 16.5. The van der Waals surface area contributed by atoms with Gasteiger partial charge in [-0.1, -0.05) is 19.1 Å². The first-order valence-electron chi connectivity index (χ1n) is 5.63. The normalized spacial score (nSPS) is 23.9. The third kappa shape index (κ3) is 2.96. The van der Waals surface area contributed by atoms with Crippen molar-refractivity contribution in [3.63, 3.8) is 0 Å². The van der Waals surface area contributed by atoms with E-state index in [1.165, 1.54) is 12.0 Å². The van der Waals surface area contributed by atoms with Crippen molar-refractivity contribution in [2.24, 2.45) is 11.8 Å². The van der Waals surface area contributed by atoms with Crippen LogP contribution < -0.4 is 10.1 Å². The van der Waals surface area contributed by atoms with Crippen LogP contribution in [0.2, 0.25) is 0 Å². The Morgan fingerprint density at radius 2 is 2.27 bits per heavy atom. The standard InChI is InChI=1S/C13H19NO/c1-10-6-12(10)9-14-8-11-4-3-5-13(7-11)15-2/h3-5,7,10,12,14H,6,8-9H2,1-2H3. The Hall–Kier alpha value is -1.02. The minimum atomic E-state index is 0.913. The van der Waals surface area contributed by atoms with Crippen molar-refractivity contribution in [2.75, 3.05) is 13.7 Å². The first-order valence-corrected chi connectivity index (χ1v) is 5.63. The molecule has 1 N–H and O–H groups in total. The molecule has 0 amide bonds. The zero-order valence-electron chi connectivity index (χ0n) is 9.49. The molecule has 0 heterocycles. The Morgan fingerprint density at radius 3 is 2.93 bits per heavy atom. The van der Waals surface area contributed by atoms with E-state index in [0.29, 0.717) is 0 Å². The summed E-state index contributed by atoms with van der Waals surface area (Å²) in [6, 6.07) is 8.23. The Balaban J connectivity index is 1.77. The van der Waals surface area contributed by atoms with Gasteiger partial charge in [0, 0.05) is 6.54 Å². The monoisotopic (exact) mass is 205 g/mol. The maximum atomic E-state index is 5.18. The molecule has 2 nitrogen and oxygen atoms in total. The lowest BCUT2D eigenvalue weighted by Gasteiger charge is -2.06. The van der Waals surface area contributed by atoms with E-state index in [0.717, 1.165) is 30.7 Å². The Morgan fingerprint density at radius 1 is 1.47 bits per heavy atom. The van der Waals surface area contributed by atoms with Crippen LogP contribution in [0, 0.1) is 11.8 Å². The number of benzene rings is 1. The predicted molar refractivity (Wildman–Crippen MR) is 62.0 cm³/mol. The quantitative estimate of drug-likeness (QED) is 0.797. The molecule has 0 aliphatic heterocycles. The second kappa shape index (κ2) is 4.67. The molecule has 0 spiro atoms. The summed E-state index contributed by atoms with van der Waals surface area (Å²) in [5, 5.41) is 3.49. The molecule has 1 aromatic carbocycles. The summed E-state index contributed by atoms with van der Waals surface area (Å²) in [6.07, 6.45) is 1.39. The molecule has 1 saturated carbocycles. The van der Waals surface area contributed by atoms with Crippen LogP contribution in [-0.4, -0.2) is 13.7 Å². The van der Waals surface area contributed by atoms with Gasteiger partial charge in [0.1, 0.15) is 5.75 Å². The molecule has 82 valence electrons. The number of methoxy groups -OCH3 is 1. The molecule has 1 aliphatic carbocycles. The van der Waals surface area contributed by atoms with Crippen LogP contribution in [-0.2, 0) is 6.54 Å². The van der Waals surface area contributed by atoms with E-state index >= 15 is 0 Å². The summed E-state index contributed by atoms with van der Waals surface area (Å²) >= 11 is 0. The highest BCUT2D eigenvalue weighted by molar-refractivity contribution is 5.28. The summed E-state index contributed by atoms with van der Waals surface area (Å²) in [7, 11) is 1.71. The lowest BCUT2D eigenvalue weighted by Crippen LogP contribution is -2.16. The molecule has 1 fully saturated rings. The number of hydrogen-bond acceptors (Lipinski definition) is 2. The van der Waals surface area contributed by atoms with Gasteiger partial charge in [0.2, 0.25) is 0 Å². The van der Waals surface area contributed by atoms with Gasteiger partial charge in [0.25, 0.3) is 0 Å². The van der Waals surface area contributed by atoms with Crippen LogP contribution in [0.3, 0.4) is 0 Å². The lowest BCUT2D eigenvalue weighted by molar-refractivity contribution is 0.414. The van der Waals surface area contributed by atoms with Gasteiger partial charge in [-0.25, -0.2) is 0 Å². The molecule has 1 aromatic rings. The van der Waals surface area contributed by atoms with Gasteiger partial charge in [0.05, 0.1) is 7.11 Å². The van der Waals surface area contributed by atoms with Crippen molar-refractivity contribution in [3.8, 4) is 5.75 Å². The van der Waals surface area contributed by atoms with Crippen molar-refractivity contribution in [1.82, 2.24) is 5.32 Å². The Labute approximate surface area is 91.6 Å². The molecule has 0 radical (unpaired) electrons. The first-order chi connectivity index (χ1) is 7.29. The van der Waals surface area contributed by atoms with Crippen molar-refractivity contribution in [3.05, 3.63) is 29.8 Å². The van der Waals surface area contributed by atoms with E-state index in [1.807, 2.05) is 12.1 Å². The van der Waals surface area contributed by atoms with Crippen molar-refractivity contribution < 1.29 is 4.74 Å². The highest BCUT2D eigenvalue weighted by Gasteiger charge is 2.31. The third-order valence-electron chi connectivity index (χ3n) is 3.15. The predicted octanol–water partition coefficient (Wildman–Crippen LogP) is 2.44. The van der Waals surface area contributed by atoms with Crippen LogP contribution in [0.4, 0.5) is 0 Å². The molecule has 0 bridgehead atoms. The smallest absolute Gasteiger partial charge is 0.119 e. The van der Waals surface area contributed by atoms with E-state index < -0.39 is 0 Å². The summed E-state index contributed by atoms with van der Waals surface area (Å²) < 4.78 is 5.18. The maximum absolute atomic E-state index is 5.18. The summed E-state index contributed by atoms with van der Waals surface area (Å²) in [5.41, 5.74) is 1.29. The van der Waals surface area contributed by atoms with Crippen LogP contribution >= 0.6 is 0 Å². The fourth-order valence-corrected chi connectivity index (χ4v) is 1.87. The van der Waals surface area contributed by atoms with Crippen LogP contribution in [0.1, 0.15) is 18.9 Å². The number of ether oxygens (including phenoxy) is 1. The van der Waals surface area contributed by atoms with E-state index in [1.54, 1.807) is 7.11 Å². The molecule has 2 atom stereocenters. The van der Waals surface area contributed by atoms with Gasteiger partial charge in [0.15, 0.2) is 0 Å². The largest absolute Gasteiger partial charge is 0.497 e. The van der Waals surface area contributed by atoms with Gasteiger partial charge in [-0.05, 0) is 42.5 Å². The van der Waals surface area contributed by atoms with Gasteiger partial charge in [-0.15, -0.1) is 0 Å². The van der Waals surface area contributed by atoms with Crippen molar-refractivity contribution in [2.45, 2.75) is 19.9 Å². The van der Waals surface area contributed by atoms with Crippen LogP contribution in [0.15, 0.2) is 24.3 Å². The average Bonchev–Trinajstić information content (AvgIpc) is 2.95. The number of nitrogens with one attached hydrogen (secondary N) is 1. The molecule has 15 heavy (non-hydrogen) atoms. The third-order valence-corrected chi connectivity index (χ3v) is 3.15. The molecular formula is C13H19NO. The van der Waals surface area contributed by atoms with Gasteiger partial charge >= 0.3 is 0 Å². The number of hydrogen-bond donors (Lipinski definition) is 1. The van der Waals surface area contributed by atoms with Crippen LogP contribution in [0.5, 0.6) is 5.75 Å². The minimum absolute atomic E-state index is 0.913. The summed E-state index contributed by atoms with van der Waals surface area (Å²) in [4.78, 5) is 0. The first kappa shape index (κ1) is 10.5. The SMILES string of the molecule is COc1cccc(CNCC2CC2C)c1. The fraction of sp³-hybridized carbons (Fsp3) is 0.538. The fourth-order valence-electron chi connectivity index (χ4n) is 1.87. The lowest BCUT2D eigenvalue weighted by atomic mass is 10.2. The second-order valence-corrected chi connectivity index (χ2v) is 4.46. The molecule has 2 unspecified atom stereocenters. The average molecular weight is 205 g/mol. The summed E-state index contributed by atoms with van der Waals surface area (Å²) in [5.74, 6) is 2.78. The Bertz CT molecular complexity index is 324. The van der Waals surface area contributed by atoms with Gasteiger partial charge in [-0.3, -0.25) is 0 Å². The van der Waals surface area contributed by atoms with E-state index in [9.17, 15) is 0 Å². The zero-order valence-corrected chi connectivity index (χ0v) is 9.49. The Kier molecular flexibility index (Phi) is 3.27. The molecule has 1 aliphatic rings.